The minimum absolute atomic E-state index is 0.175. The van der Waals surface area contributed by atoms with Gasteiger partial charge in [-0.2, -0.15) is 10.4 Å². The Morgan fingerprint density at radius 2 is 1.97 bits per heavy atom. The van der Waals surface area contributed by atoms with Crippen molar-refractivity contribution < 1.29 is 10.2 Å². The van der Waals surface area contributed by atoms with Gasteiger partial charge in [-0.1, -0.05) is 13.8 Å². The molecular formula is C27H41N3O2. The van der Waals surface area contributed by atoms with E-state index in [1.165, 1.54) is 38.5 Å². The molecule has 0 bridgehead atoms. The molecule has 0 aromatic carbocycles. The van der Waals surface area contributed by atoms with Crippen LogP contribution in [0.25, 0.3) is 0 Å². The van der Waals surface area contributed by atoms with Crippen LogP contribution in [-0.2, 0) is 6.54 Å². The van der Waals surface area contributed by atoms with Crippen LogP contribution in [0.15, 0.2) is 12.4 Å². The van der Waals surface area contributed by atoms with E-state index in [0.29, 0.717) is 29.9 Å². The number of fused-ring (bicyclic) bond motifs is 5. The van der Waals surface area contributed by atoms with Crippen LogP contribution < -0.4 is 0 Å². The molecule has 4 saturated carbocycles. The molecule has 5 rings (SSSR count). The van der Waals surface area contributed by atoms with Gasteiger partial charge in [-0.15, -0.1) is 0 Å². The molecule has 4 fully saturated rings. The van der Waals surface area contributed by atoms with Crippen molar-refractivity contribution in [3.05, 3.63) is 18.0 Å². The summed E-state index contributed by atoms with van der Waals surface area (Å²) >= 11 is 0. The zero-order valence-corrected chi connectivity index (χ0v) is 20.3. The van der Waals surface area contributed by atoms with Crippen LogP contribution in [0.5, 0.6) is 0 Å². The van der Waals surface area contributed by atoms with E-state index >= 15 is 0 Å². The standard InChI is InChI=1S/C27H41N3O2/c1-17-11-22-19(12-26(17,3)31)5-6-21-20(22)9-10-25(2)23(21)7-8-24(25)27(4,32)16-30-15-18(13-28)14-29-30/h14-15,17,19-24,31-32H,5-12,16H2,1-4H3/t17-,19+,20-,21+,22-,23-,24-,25-,26-,27-/m0/s1. The second kappa shape index (κ2) is 7.57. The van der Waals surface area contributed by atoms with E-state index in [9.17, 15) is 10.2 Å². The largest absolute Gasteiger partial charge is 0.390 e. The molecule has 0 aliphatic heterocycles. The molecule has 4 aliphatic carbocycles. The molecule has 4 aliphatic rings. The fourth-order valence-corrected chi connectivity index (χ4v) is 9.22. The maximum atomic E-state index is 11.7. The monoisotopic (exact) mass is 439 g/mol. The van der Waals surface area contributed by atoms with Crippen LogP contribution in [0.3, 0.4) is 0 Å². The predicted octanol–water partition coefficient (Wildman–Crippen LogP) is 4.77. The Kier molecular flexibility index (Phi) is 5.30. The van der Waals surface area contributed by atoms with Crippen LogP contribution in [-0.4, -0.2) is 31.2 Å². The quantitative estimate of drug-likeness (QED) is 0.711. The van der Waals surface area contributed by atoms with Crippen molar-refractivity contribution in [3.8, 4) is 6.07 Å². The SMILES string of the molecule is C[C@H]1C[C@H]2[C@H](CC[C@@H]3[C@@H]2CC[C@@]2(C)[C@H]3CC[C@@H]2[C@@](C)(O)Cn2cc(C#N)cn2)C[C@]1(C)O. The van der Waals surface area contributed by atoms with Gasteiger partial charge in [0.05, 0.1) is 29.5 Å². The highest BCUT2D eigenvalue weighted by Crippen LogP contribution is 2.66. The average molecular weight is 440 g/mol. The van der Waals surface area contributed by atoms with Crippen molar-refractivity contribution in [2.75, 3.05) is 0 Å². The number of hydrogen-bond donors (Lipinski definition) is 2. The lowest BCUT2D eigenvalue weighted by Crippen LogP contribution is -2.54. The number of rotatable bonds is 3. The van der Waals surface area contributed by atoms with Gasteiger partial charge in [-0.3, -0.25) is 4.68 Å². The Morgan fingerprint density at radius 3 is 2.69 bits per heavy atom. The molecule has 5 heteroatoms. The smallest absolute Gasteiger partial charge is 0.102 e. The van der Waals surface area contributed by atoms with Crippen molar-refractivity contribution in [3.63, 3.8) is 0 Å². The molecule has 0 spiro atoms. The highest BCUT2D eigenvalue weighted by molar-refractivity contribution is 5.21. The third kappa shape index (κ3) is 3.44. The van der Waals surface area contributed by atoms with E-state index in [1.807, 2.05) is 6.92 Å². The summed E-state index contributed by atoms with van der Waals surface area (Å²) < 4.78 is 1.75. The molecule has 0 saturated heterocycles. The number of nitriles is 1. The third-order valence-corrected chi connectivity index (χ3v) is 10.9. The highest BCUT2D eigenvalue weighted by Gasteiger charge is 2.61. The molecule has 5 nitrogen and oxygen atoms in total. The predicted molar refractivity (Wildman–Crippen MR) is 123 cm³/mol. The second-order valence-corrected chi connectivity index (χ2v) is 12.7. The van der Waals surface area contributed by atoms with Gasteiger partial charge in [-0.05, 0) is 112 Å². The summed E-state index contributed by atoms with van der Waals surface area (Å²) in [6, 6.07) is 2.14. The molecule has 176 valence electrons. The Bertz CT molecular complexity index is 899. The zero-order valence-electron chi connectivity index (χ0n) is 20.3. The minimum Gasteiger partial charge on any atom is -0.390 e. The number of nitrogens with zero attached hydrogens (tertiary/aromatic N) is 3. The first-order chi connectivity index (χ1) is 15.0. The van der Waals surface area contributed by atoms with Gasteiger partial charge in [0, 0.05) is 6.20 Å². The Labute approximate surface area is 193 Å². The normalized spacial score (nSPS) is 47.6. The molecule has 0 amide bonds. The van der Waals surface area contributed by atoms with E-state index in [4.69, 9.17) is 5.26 Å². The van der Waals surface area contributed by atoms with Crippen molar-refractivity contribution >= 4 is 0 Å². The molecule has 1 aromatic rings. The lowest BCUT2D eigenvalue weighted by atomic mass is 9.47. The first kappa shape index (κ1) is 22.4. The second-order valence-electron chi connectivity index (χ2n) is 12.7. The fourth-order valence-electron chi connectivity index (χ4n) is 9.22. The van der Waals surface area contributed by atoms with Gasteiger partial charge in [0.25, 0.3) is 0 Å². The topological polar surface area (TPSA) is 82.1 Å². The van der Waals surface area contributed by atoms with Crippen LogP contribution in [0.1, 0.15) is 84.6 Å². The maximum Gasteiger partial charge on any atom is 0.102 e. The van der Waals surface area contributed by atoms with Crippen LogP contribution in [0.4, 0.5) is 0 Å². The van der Waals surface area contributed by atoms with Crippen LogP contribution in [0, 0.1) is 58.2 Å². The summed E-state index contributed by atoms with van der Waals surface area (Å²) in [4.78, 5) is 0. The van der Waals surface area contributed by atoms with Crippen molar-refractivity contribution in [1.29, 1.82) is 5.26 Å². The lowest BCUT2D eigenvalue weighted by Gasteiger charge is -2.58. The molecule has 1 aromatic heterocycles. The van der Waals surface area contributed by atoms with Gasteiger partial charge < -0.3 is 10.2 Å². The zero-order chi connectivity index (χ0) is 22.9. The molecule has 0 radical (unpaired) electrons. The number of aromatic nitrogens is 2. The average Bonchev–Trinajstić information content (AvgIpc) is 3.32. The van der Waals surface area contributed by atoms with E-state index in [0.717, 1.165) is 30.6 Å². The molecule has 1 heterocycles. The Balaban J connectivity index is 1.34. The lowest BCUT2D eigenvalue weighted by molar-refractivity contribution is -0.138. The van der Waals surface area contributed by atoms with Crippen LogP contribution in [0.2, 0.25) is 0 Å². The molecule has 10 atom stereocenters. The first-order valence-corrected chi connectivity index (χ1v) is 12.9. The van der Waals surface area contributed by atoms with E-state index in [1.54, 1.807) is 17.1 Å². The summed E-state index contributed by atoms with van der Waals surface area (Å²) in [5.74, 6) is 4.41. The number of aliphatic hydroxyl groups is 2. The van der Waals surface area contributed by atoms with Crippen molar-refractivity contribution in [2.45, 2.75) is 96.8 Å². The summed E-state index contributed by atoms with van der Waals surface area (Å²) in [7, 11) is 0. The molecular weight excluding hydrogens is 398 g/mol. The Morgan fingerprint density at radius 1 is 1.19 bits per heavy atom. The third-order valence-electron chi connectivity index (χ3n) is 10.9. The summed E-state index contributed by atoms with van der Waals surface area (Å²) in [6.07, 6.45) is 12.9. The first-order valence-electron chi connectivity index (χ1n) is 12.9. The van der Waals surface area contributed by atoms with Gasteiger partial charge in [0.15, 0.2) is 0 Å². The fraction of sp³-hybridized carbons (Fsp3) is 0.852. The maximum absolute atomic E-state index is 11.7. The van der Waals surface area contributed by atoms with Gasteiger partial charge >= 0.3 is 0 Å². The van der Waals surface area contributed by atoms with Crippen molar-refractivity contribution in [1.82, 2.24) is 9.78 Å². The highest BCUT2D eigenvalue weighted by atomic mass is 16.3. The van der Waals surface area contributed by atoms with Crippen LogP contribution >= 0.6 is 0 Å². The minimum atomic E-state index is -0.829. The van der Waals surface area contributed by atoms with Gasteiger partial charge in [0.1, 0.15) is 6.07 Å². The summed E-state index contributed by atoms with van der Waals surface area (Å²) in [5, 5.41) is 36.0. The van der Waals surface area contributed by atoms with E-state index in [2.05, 4.69) is 31.9 Å². The Hall–Kier alpha value is -1.38. The van der Waals surface area contributed by atoms with Gasteiger partial charge in [-0.25, -0.2) is 0 Å². The van der Waals surface area contributed by atoms with Crippen molar-refractivity contribution in [2.24, 2.45) is 46.8 Å². The summed E-state index contributed by atoms with van der Waals surface area (Å²) in [5.41, 5.74) is -0.597. The number of hydrogen-bond acceptors (Lipinski definition) is 4. The summed E-state index contributed by atoms with van der Waals surface area (Å²) in [6.45, 7) is 9.22. The molecule has 0 unspecified atom stereocenters. The van der Waals surface area contributed by atoms with Gasteiger partial charge in [0.2, 0.25) is 0 Å². The van der Waals surface area contributed by atoms with E-state index in [-0.39, 0.29) is 11.3 Å². The van der Waals surface area contributed by atoms with E-state index < -0.39 is 11.2 Å². The molecule has 32 heavy (non-hydrogen) atoms. The molecule has 2 N–H and O–H groups in total.